The van der Waals surface area contributed by atoms with Gasteiger partial charge in [0.05, 0.1) is 5.69 Å². The molecular weight excluding hydrogens is 206 g/mol. The summed E-state index contributed by atoms with van der Waals surface area (Å²) in [7, 11) is 0. The molecule has 0 unspecified atom stereocenters. The normalized spacial score (nSPS) is 12.5. The van der Waals surface area contributed by atoms with Crippen molar-refractivity contribution in [1.29, 1.82) is 0 Å². The number of aromatic nitrogens is 1. The van der Waals surface area contributed by atoms with E-state index in [0.29, 0.717) is 0 Å². The highest BCUT2D eigenvalue weighted by Gasteiger charge is 2.22. The van der Waals surface area contributed by atoms with Crippen LogP contribution in [0, 0.1) is 27.7 Å². The fourth-order valence-electron chi connectivity index (χ4n) is 2.74. The van der Waals surface area contributed by atoms with E-state index in [-0.39, 0.29) is 0 Å². The van der Waals surface area contributed by atoms with E-state index in [0.717, 1.165) is 6.42 Å². The summed E-state index contributed by atoms with van der Waals surface area (Å²) in [6, 6.07) is 4.59. The van der Waals surface area contributed by atoms with E-state index in [1.165, 1.54) is 44.6 Å². The molecule has 1 nitrogen and oxygen atoms in total. The molecule has 1 aliphatic rings. The van der Waals surface area contributed by atoms with E-state index in [4.69, 9.17) is 0 Å². The number of fused-ring (bicyclic) bond motifs is 3. The van der Waals surface area contributed by atoms with Crippen LogP contribution < -0.4 is 0 Å². The summed E-state index contributed by atoms with van der Waals surface area (Å²) in [5.41, 5.74) is 10.9. The van der Waals surface area contributed by atoms with Crippen LogP contribution in [0.15, 0.2) is 18.3 Å². The van der Waals surface area contributed by atoms with Gasteiger partial charge in [-0.3, -0.25) is 4.98 Å². The van der Waals surface area contributed by atoms with Crippen molar-refractivity contribution in [3.63, 3.8) is 0 Å². The van der Waals surface area contributed by atoms with E-state index in [9.17, 15) is 0 Å². The fourth-order valence-corrected chi connectivity index (χ4v) is 2.74. The molecule has 1 aromatic heterocycles. The lowest BCUT2D eigenvalue weighted by atomic mass is 9.94. The van der Waals surface area contributed by atoms with Gasteiger partial charge in [-0.2, -0.15) is 0 Å². The number of hydrogen-bond donors (Lipinski definition) is 0. The summed E-state index contributed by atoms with van der Waals surface area (Å²) in [4.78, 5) is 4.57. The second-order valence-electron chi connectivity index (χ2n) is 5.15. The average molecular weight is 223 g/mol. The molecule has 1 aromatic carbocycles. The van der Waals surface area contributed by atoms with Gasteiger partial charge >= 0.3 is 0 Å². The Kier molecular flexibility index (Phi) is 2.12. The Labute approximate surface area is 103 Å². The number of rotatable bonds is 0. The van der Waals surface area contributed by atoms with E-state index in [2.05, 4.69) is 44.8 Å². The minimum atomic E-state index is 0.998. The largest absolute Gasteiger partial charge is 0.260 e. The Balaban J connectivity index is 2.33. The molecule has 0 saturated carbocycles. The molecule has 3 rings (SSSR count). The Hall–Kier alpha value is -1.63. The Morgan fingerprint density at radius 1 is 0.941 bits per heavy atom. The molecule has 0 atom stereocenters. The zero-order chi connectivity index (χ0) is 12.2. The van der Waals surface area contributed by atoms with Crippen molar-refractivity contribution < 1.29 is 0 Å². The molecule has 0 aliphatic heterocycles. The minimum Gasteiger partial charge on any atom is -0.260 e. The Morgan fingerprint density at radius 2 is 1.71 bits per heavy atom. The zero-order valence-electron chi connectivity index (χ0n) is 10.9. The summed E-state index contributed by atoms with van der Waals surface area (Å²) >= 11 is 0. The van der Waals surface area contributed by atoms with E-state index >= 15 is 0 Å². The summed E-state index contributed by atoms with van der Waals surface area (Å²) in [5, 5.41) is 0. The van der Waals surface area contributed by atoms with Crippen molar-refractivity contribution in [1.82, 2.24) is 4.98 Å². The highest BCUT2D eigenvalue weighted by atomic mass is 14.7. The molecule has 1 aliphatic carbocycles. The van der Waals surface area contributed by atoms with Gasteiger partial charge in [-0.05, 0) is 67.1 Å². The smallest absolute Gasteiger partial charge is 0.0526 e. The topological polar surface area (TPSA) is 12.9 Å². The Bertz CT molecular complexity index is 624. The first-order chi connectivity index (χ1) is 8.08. The summed E-state index contributed by atoms with van der Waals surface area (Å²) in [6.45, 7) is 8.76. The van der Waals surface area contributed by atoms with Crippen LogP contribution in [-0.2, 0) is 6.42 Å². The van der Waals surface area contributed by atoms with Gasteiger partial charge in [-0.25, -0.2) is 0 Å². The van der Waals surface area contributed by atoms with Crippen LogP contribution in [-0.4, -0.2) is 4.98 Å². The zero-order valence-corrected chi connectivity index (χ0v) is 10.9. The van der Waals surface area contributed by atoms with Crippen LogP contribution in [0.5, 0.6) is 0 Å². The third-order valence-corrected chi connectivity index (χ3v) is 4.03. The van der Waals surface area contributed by atoms with Crippen LogP contribution >= 0.6 is 0 Å². The first kappa shape index (κ1) is 10.5. The highest BCUT2D eigenvalue weighted by Crippen LogP contribution is 2.39. The summed E-state index contributed by atoms with van der Waals surface area (Å²) in [5.74, 6) is 0. The van der Waals surface area contributed by atoms with Crippen molar-refractivity contribution in [2.75, 3.05) is 0 Å². The molecule has 0 fully saturated rings. The van der Waals surface area contributed by atoms with Crippen molar-refractivity contribution in [2.45, 2.75) is 34.1 Å². The molecule has 0 spiro atoms. The predicted octanol–water partition coefficient (Wildman–Crippen LogP) is 3.89. The number of pyridine rings is 1. The molecule has 86 valence electrons. The highest BCUT2D eigenvalue weighted by molar-refractivity contribution is 5.78. The van der Waals surface area contributed by atoms with Crippen LogP contribution in [0.25, 0.3) is 11.1 Å². The molecule has 1 heterocycles. The van der Waals surface area contributed by atoms with Gasteiger partial charge in [-0.1, -0.05) is 6.07 Å². The van der Waals surface area contributed by atoms with Gasteiger partial charge in [0.2, 0.25) is 0 Å². The monoisotopic (exact) mass is 223 g/mol. The SMILES string of the molecule is Cc1cnc2c(c1)-c1cc(C)c(C)c(C)c1C2. The van der Waals surface area contributed by atoms with Gasteiger partial charge in [0.25, 0.3) is 0 Å². The molecule has 17 heavy (non-hydrogen) atoms. The van der Waals surface area contributed by atoms with E-state index in [1.807, 2.05) is 6.20 Å². The van der Waals surface area contributed by atoms with Crippen molar-refractivity contribution >= 4 is 0 Å². The van der Waals surface area contributed by atoms with E-state index in [1.54, 1.807) is 0 Å². The van der Waals surface area contributed by atoms with Crippen LogP contribution in [0.1, 0.15) is 33.5 Å². The minimum absolute atomic E-state index is 0.998. The lowest BCUT2D eigenvalue weighted by molar-refractivity contribution is 1.09. The first-order valence-electron chi connectivity index (χ1n) is 6.13. The molecular formula is C16H17N. The average Bonchev–Trinajstić information content (AvgIpc) is 2.65. The van der Waals surface area contributed by atoms with Gasteiger partial charge in [0, 0.05) is 18.2 Å². The maximum absolute atomic E-state index is 4.57. The molecule has 0 saturated heterocycles. The number of hydrogen-bond acceptors (Lipinski definition) is 1. The van der Waals surface area contributed by atoms with Crippen molar-refractivity contribution in [3.05, 3.63) is 51.8 Å². The molecule has 1 heteroatoms. The number of aryl methyl sites for hydroxylation is 2. The third kappa shape index (κ3) is 1.42. The molecule has 0 amide bonds. The summed E-state index contributed by atoms with van der Waals surface area (Å²) in [6.07, 6.45) is 2.97. The predicted molar refractivity (Wildman–Crippen MR) is 71.4 cm³/mol. The van der Waals surface area contributed by atoms with Crippen molar-refractivity contribution in [3.8, 4) is 11.1 Å². The van der Waals surface area contributed by atoms with Crippen LogP contribution in [0.2, 0.25) is 0 Å². The van der Waals surface area contributed by atoms with Gasteiger partial charge in [0.15, 0.2) is 0 Å². The van der Waals surface area contributed by atoms with Crippen molar-refractivity contribution in [2.24, 2.45) is 0 Å². The molecule has 2 aromatic rings. The first-order valence-corrected chi connectivity index (χ1v) is 6.13. The van der Waals surface area contributed by atoms with Gasteiger partial charge in [0.1, 0.15) is 0 Å². The second-order valence-corrected chi connectivity index (χ2v) is 5.15. The fraction of sp³-hybridized carbons (Fsp3) is 0.312. The second kappa shape index (κ2) is 3.43. The van der Waals surface area contributed by atoms with Crippen LogP contribution in [0.3, 0.4) is 0 Å². The molecule has 0 N–H and O–H groups in total. The van der Waals surface area contributed by atoms with Crippen LogP contribution in [0.4, 0.5) is 0 Å². The standard InChI is InChI=1S/C16H17N/c1-9-5-15-14-6-10(2)11(3)12(4)13(14)7-16(15)17-8-9/h5-6,8H,7H2,1-4H3. The number of nitrogens with zero attached hydrogens (tertiary/aromatic N) is 1. The van der Waals surface area contributed by atoms with E-state index < -0.39 is 0 Å². The molecule has 0 radical (unpaired) electrons. The van der Waals surface area contributed by atoms with Gasteiger partial charge < -0.3 is 0 Å². The lowest BCUT2D eigenvalue weighted by Crippen LogP contribution is -1.93. The lowest BCUT2D eigenvalue weighted by Gasteiger charge is -2.11. The Morgan fingerprint density at radius 3 is 2.47 bits per heavy atom. The van der Waals surface area contributed by atoms with Gasteiger partial charge in [-0.15, -0.1) is 0 Å². The summed E-state index contributed by atoms with van der Waals surface area (Å²) < 4.78 is 0. The maximum Gasteiger partial charge on any atom is 0.0526 e. The maximum atomic E-state index is 4.57. The third-order valence-electron chi connectivity index (χ3n) is 4.03. The number of benzene rings is 1. The quantitative estimate of drug-likeness (QED) is 0.563. The molecule has 0 bridgehead atoms.